The van der Waals surface area contributed by atoms with E-state index in [1.807, 2.05) is 18.3 Å². The second-order valence-corrected chi connectivity index (χ2v) is 9.37. The molecule has 12 heteroatoms. The van der Waals surface area contributed by atoms with Gasteiger partial charge in [-0.3, -0.25) is 0 Å². The summed E-state index contributed by atoms with van der Waals surface area (Å²) in [6, 6.07) is 11.6. The molecule has 2 aromatic carbocycles. The van der Waals surface area contributed by atoms with Crippen molar-refractivity contribution in [3.63, 3.8) is 0 Å². The van der Waals surface area contributed by atoms with Gasteiger partial charge < -0.3 is 20.7 Å². The number of benzene rings is 2. The Morgan fingerprint density at radius 3 is 2.35 bits per heavy atom. The van der Waals surface area contributed by atoms with Crippen LogP contribution in [0.25, 0.3) is 10.4 Å². The average molecular weight is 527 g/mol. The van der Waals surface area contributed by atoms with Gasteiger partial charge in [-0.2, -0.15) is 13.2 Å². The fourth-order valence-corrected chi connectivity index (χ4v) is 4.39. The fourth-order valence-electron chi connectivity index (χ4n) is 3.49. The molecule has 2 aromatic heterocycles. The maximum Gasteiger partial charge on any atom is 0.416 e. The van der Waals surface area contributed by atoms with Crippen LogP contribution in [0.15, 0.2) is 67.1 Å². The Morgan fingerprint density at radius 2 is 1.68 bits per heavy atom. The number of rotatable bonds is 7. The summed E-state index contributed by atoms with van der Waals surface area (Å²) in [5.74, 6) is 0.532. The number of thiazole rings is 1. The van der Waals surface area contributed by atoms with E-state index in [-0.39, 0.29) is 17.4 Å². The quantitative estimate of drug-likeness (QED) is 0.239. The lowest BCUT2D eigenvalue weighted by atomic mass is 9.93. The summed E-state index contributed by atoms with van der Waals surface area (Å²) in [7, 11) is 0. The van der Waals surface area contributed by atoms with Crippen molar-refractivity contribution in [1.29, 1.82) is 0 Å². The van der Waals surface area contributed by atoms with Gasteiger partial charge in [-0.1, -0.05) is 17.4 Å². The molecule has 1 aliphatic carbocycles. The Bertz CT molecular complexity index is 1370. The van der Waals surface area contributed by atoms with Crippen molar-refractivity contribution in [2.75, 3.05) is 16.0 Å². The van der Waals surface area contributed by atoms with Crippen molar-refractivity contribution in [2.45, 2.75) is 31.5 Å². The van der Waals surface area contributed by atoms with Crippen LogP contribution in [0.5, 0.6) is 11.8 Å². The minimum Gasteiger partial charge on any atom is -0.424 e. The highest BCUT2D eigenvalue weighted by atomic mass is 32.1. The minimum atomic E-state index is -4.50. The van der Waals surface area contributed by atoms with Gasteiger partial charge in [0.1, 0.15) is 5.75 Å². The SMILES string of the molecule is O=C(Nc1cnc(Oc2ccc(-c3cnc(NC4CCC4)s3)cc2)nc1)Nc1cccc(C(F)(F)F)c1. The molecule has 37 heavy (non-hydrogen) atoms. The number of anilines is 3. The molecule has 0 bridgehead atoms. The Morgan fingerprint density at radius 1 is 0.946 bits per heavy atom. The van der Waals surface area contributed by atoms with E-state index in [0.717, 1.165) is 27.7 Å². The number of ether oxygens (including phenoxy) is 1. The number of nitrogens with one attached hydrogen (secondary N) is 3. The monoisotopic (exact) mass is 526 g/mol. The number of carbonyl (C=O) groups excluding carboxylic acids is 1. The van der Waals surface area contributed by atoms with E-state index in [2.05, 4.69) is 30.9 Å². The van der Waals surface area contributed by atoms with Crippen LogP contribution in [0.4, 0.5) is 34.5 Å². The molecule has 1 fully saturated rings. The van der Waals surface area contributed by atoms with Crippen LogP contribution < -0.4 is 20.7 Å². The Labute approximate surface area is 214 Å². The largest absolute Gasteiger partial charge is 0.424 e. The van der Waals surface area contributed by atoms with Crippen LogP contribution in [0.3, 0.4) is 0 Å². The second kappa shape index (κ2) is 10.4. The number of urea groups is 1. The van der Waals surface area contributed by atoms with Crippen LogP contribution in [0.2, 0.25) is 0 Å². The van der Waals surface area contributed by atoms with Gasteiger partial charge in [0.05, 0.1) is 28.5 Å². The zero-order valence-electron chi connectivity index (χ0n) is 19.2. The van der Waals surface area contributed by atoms with Crippen molar-refractivity contribution < 1.29 is 22.7 Å². The molecule has 0 saturated heterocycles. The highest BCUT2D eigenvalue weighted by Gasteiger charge is 2.30. The summed E-state index contributed by atoms with van der Waals surface area (Å²) in [6.45, 7) is 0. The van der Waals surface area contributed by atoms with E-state index in [1.165, 1.54) is 43.8 Å². The maximum atomic E-state index is 12.8. The van der Waals surface area contributed by atoms with E-state index in [1.54, 1.807) is 23.5 Å². The Kier molecular flexibility index (Phi) is 6.91. The first-order chi connectivity index (χ1) is 17.8. The van der Waals surface area contributed by atoms with Crippen LogP contribution in [0, 0.1) is 0 Å². The number of hydrogen-bond donors (Lipinski definition) is 3. The summed E-state index contributed by atoms with van der Waals surface area (Å²) in [6.07, 6.45) is 3.64. The number of alkyl halides is 3. The second-order valence-electron chi connectivity index (χ2n) is 8.34. The number of aromatic nitrogens is 3. The van der Waals surface area contributed by atoms with Gasteiger partial charge in [0.2, 0.25) is 0 Å². The van der Waals surface area contributed by atoms with Crippen LogP contribution >= 0.6 is 11.3 Å². The summed E-state index contributed by atoms with van der Waals surface area (Å²) in [4.78, 5) is 25.8. The third-order valence-electron chi connectivity index (χ3n) is 5.62. The molecule has 2 amide bonds. The van der Waals surface area contributed by atoms with Gasteiger partial charge in [-0.05, 0) is 67.3 Å². The highest BCUT2D eigenvalue weighted by Crippen LogP contribution is 2.33. The minimum absolute atomic E-state index is 0.000763. The van der Waals surface area contributed by atoms with Gasteiger partial charge in [0, 0.05) is 17.9 Å². The van der Waals surface area contributed by atoms with Gasteiger partial charge in [0.25, 0.3) is 0 Å². The van der Waals surface area contributed by atoms with Crippen molar-refractivity contribution >= 4 is 33.9 Å². The summed E-state index contributed by atoms with van der Waals surface area (Å²) < 4.78 is 44.2. The molecule has 8 nitrogen and oxygen atoms in total. The Hall–Kier alpha value is -4.19. The van der Waals surface area contributed by atoms with Crippen LogP contribution in [-0.2, 0) is 6.18 Å². The van der Waals surface area contributed by atoms with Crippen molar-refractivity contribution in [3.05, 3.63) is 72.7 Å². The molecular formula is C25H21F3N6O2S. The molecule has 4 aromatic rings. The first-order valence-corrected chi connectivity index (χ1v) is 12.2. The molecule has 2 heterocycles. The zero-order chi connectivity index (χ0) is 25.8. The molecule has 0 radical (unpaired) electrons. The normalized spacial score (nSPS) is 13.5. The molecule has 0 spiro atoms. The predicted octanol–water partition coefficient (Wildman–Crippen LogP) is 7.02. The first kappa shape index (κ1) is 24.5. The van der Waals surface area contributed by atoms with Crippen molar-refractivity contribution in [3.8, 4) is 22.2 Å². The van der Waals surface area contributed by atoms with Crippen molar-refractivity contribution in [2.24, 2.45) is 0 Å². The standard InChI is InChI=1S/C25H21F3N6O2S/c26-25(27,28)16-3-1-6-18(11-16)32-22(35)33-19-12-29-23(30-13-19)36-20-9-7-15(8-10-20)21-14-31-24(37-21)34-17-4-2-5-17/h1,3,6-14,17H,2,4-5H2,(H,31,34)(H2,32,33,35). The molecule has 190 valence electrons. The zero-order valence-corrected chi connectivity index (χ0v) is 20.1. The third kappa shape index (κ3) is 6.33. The molecule has 0 aliphatic heterocycles. The first-order valence-electron chi connectivity index (χ1n) is 11.4. The number of nitrogens with zero attached hydrogens (tertiary/aromatic N) is 3. The molecule has 5 rings (SSSR count). The third-order valence-corrected chi connectivity index (χ3v) is 6.60. The average Bonchev–Trinajstić information content (AvgIpc) is 3.32. The van der Waals surface area contributed by atoms with E-state index in [0.29, 0.717) is 11.8 Å². The van der Waals surface area contributed by atoms with Gasteiger partial charge in [-0.25, -0.2) is 19.7 Å². The van der Waals surface area contributed by atoms with E-state index >= 15 is 0 Å². The van der Waals surface area contributed by atoms with Crippen molar-refractivity contribution in [1.82, 2.24) is 15.0 Å². The predicted molar refractivity (Wildman–Crippen MR) is 135 cm³/mol. The molecule has 3 N–H and O–H groups in total. The number of carbonyl (C=O) groups is 1. The summed E-state index contributed by atoms with van der Waals surface area (Å²) in [5, 5.41) is 9.18. The van der Waals surface area contributed by atoms with Gasteiger partial charge in [-0.15, -0.1) is 0 Å². The van der Waals surface area contributed by atoms with Crippen LogP contribution in [-0.4, -0.2) is 27.0 Å². The van der Waals surface area contributed by atoms with Gasteiger partial charge >= 0.3 is 18.2 Å². The maximum absolute atomic E-state index is 12.8. The van der Waals surface area contributed by atoms with Gasteiger partial charge in [0.15, 0.2) is 5.13 Å². The topological polar surface area (TPSA) is 101 Å². The van der Waals surface area contributed by atoms with E-state index < -0.39 is 17.8 Å². The van der Waals surface area contributed by atoms with E-state index in [9.17, 15) is 18.0 Å². The molecule has 0 unspecified atom stereocenters. The lowest BCUT2D eigenvalue weighted by molar-refractivity contribution is -0.137. The summed E-state index contributed by atoms with van der Waals surface area (Å²) in [5.41, 5.74) is 0.393. The number of halogens is 3. The lowest BCUT2D eigenvalue weighted by Crippen LogP contribution is -2.26. The fraction of sp³-hybridized carbons (Fsp3) is 0.200. The summed E-state index contributed by atoms with van der Waals surface area (Å²) >= 11 is 1.60. The van der Waals surface area contributed by atoms with Crippen LogP contribution in [0.1, 0.15) is 24.8 Å². The van der Waals surface area contributed by atoms with E-state index in [4.69, 9.17) is 4.74 Å². The molecule has 1 aliphatic rings. The number of amides is 2. The number of hydrogen-bond acceptors (Lipinski definition) is 7. The molecular weight excluding hydrogens is 505 g/mol. The molecule has 1 saturated carbocycles. The Balaban J connectivity index is 1.14. The lowest BCUT2D eigenvalue weighted by Gasteiger charge is -2.25. The smallest absolute Gasteiger partial charge is 0.416 e. The molecule has 0 atom stereocenters. The highest BCUT2D eigenvalue weighted by molar-refractivity contribution is 7.18.